The van der Waals surface area contributed by atoms with Gasteiger partial charge >= 0.3 is 5.97 Å². The average Bonchev–Trinajstić information content (AvgIpc) is 2.86. The number of hydrogen-bond acceptors (Lipinski definition) is 2. The van der Waals surface area contributed by atoms with Crippen LogP contribution in [-0.2, 0) is 9.59 Å². The minimum absolute atomic E-state index is 0.226. The minimum atomic E-state index is -1.10. The number of rotatable bonds is 3. The normalized spacial score (nSPS) is 19.3. The summed E-state index contributed by atoms with van der Waals surface area (Å²) in [5.41, 5.74) is 1.23. The molecule has 1 fully saturated rings. The third-order valence-corrected chi connectivity index (χ3v) is 3.14. The summed E-state index contributed by atoms with van der Waals surface area (Å²) in [6.45, 7) is 1.34. The number of likely N-dealkylation sites (tertiary alicyclic amines) is 1. The first-order chi connectivity index (χ1) is 8.66. The largest absolute Gasteiger partial charge is 0.478 e. The van der Waals surface area contributed by atoms with Gasteiger partial charge in [-0.15, -0.1) is 0 Å². The molecule has 4 nitrogen and oxygen atoms in total. The zero-order valence-electron chi connectivity index (χ0n) is 9.95. The lowest BCUT2D eigenvalue weighted by Gasteiger charge is -2.14. The van der Waals surface area contributed by atoms with E-state index in [2.05, 4.69) is 12.1 Å². The molecule has 18 heavy (non-hydrogen) atoms. The van der Waals surface area contributed by atoms with E-state index in [1.165, 1.54) is 5.56 Å². The maximum absolute atomic E-state index is 11.7. The van der Waals surface area contributed by atoms with Crippen molar-refractivity contribution in [3.05, 3.63) is 48.0 Å². The third-order valence-electron chi connectivity index (χ3n) is 3.14. The molecule has 1 heterocycles. The topological polar surface area (TPSA) is 57.6 Å². The third kappa shape index (κ3) is 2.97. The van der Waals surface area contributed by atoms with Crippen LogP contribution in [-0.4, -0.2) is 35.0 Å². The van der Waals surface area contributed by atoms with Gasteiger partial charge in [0.1, 0.15) is 0 Å². The van der Waals surface area contributed by atoms with Gasteiger partial charge in [-0.2, -0.15) is 0 Å². The molecule has 1 aromatic rings. The summed E-state index contributed by atoms with van der Waals surface area (Å²) in [5.74, 6) is -0.966. The Hall–Kier alpha value is -2.10. The van der Waals surface area contributed by atoms with Gasteiger partial charge in [-0.3, -0.25) is 4.79 Å². The van der Waals surface area contributed by atoms with Gasteiger partial charge in [-0.05, 0) is 12.0 Å². The van der Waals surface area contributed by atoms with E-state index in [1.807, 2.05) is 18.2 Å². The Morgan fingerprint density at radius 3 is 2.61 bits per heavy atom. The van der Waals surface area contributed by atoms with Gasteiger partial charge < -0.3 is 10.0 Å². The number of amides is 1. The van der Waals surface area contributed by atoms with Crippen LogP contribution in [0.25, 0.3) is 0 Å². The summed E-state index contributed by atoms with van der Waals surface area (Å²) in [5, 5.41) is 8.48. The number of carboxylic acid groups (broad SMARTS) is 1. The quantitative estimate of drug-likeness (QED) is 0.824. The van der Waals surface area contributed by atoms with E-state index in [9.17, 15) is 9.59 Å². The van der Waals surface area contributed by atoms with Crippen LogP contribution in [0.1, 0.15) is 17.9 Å². The Kier molecular flexibility index (Phi) is 3.77. The Morgan fingerprint density at radius 2 is 1.94 bits per heavy atom. The van der Waals surface area contributed by atoms with E-state index in [1.54, 1.807) is 4.90 Å². The minimum Gasteiger partial charge on any atom is -0.478 e. The lowest BCUT2D eigenvalue weighted by molar-refractivity contribution is -0.132. The van der Waals surface area contributed by atoms with Crippen molar-refractivity contribution >= 4 is 11.9 Å². The second kappa shape index (κ2) is 5.49. The van der Waals surface area contributed by atoms with E-state index < -0.39 is 5.97 Å². The number of carbonyl (C=O) groups is 2. The fraction of sp³-hybridized carbons (Fsp3) is 0.286. The molecule has 1 amide bonds. The Labute approximate surface area is 106 Å². The van der Waals surface area contributed by atoms with Crippen molar-refractivity contribution < 1.29 is 14.7 Å². The second-order valence-corrected chi connectivity index (χ2v) is 4.35. The molecule has 1 N–H and O–H groups in total. The van der Waals surface area contributed by atoms with Gasteiger partial charge in [0.05, 0.1) is 0 Å². The first-order valence-electron chi connectivity index (χ1n) is 5.91. The number of hydrogen-bond donors (Lipinski definition) is 1. The smallest absolute Gasteiger partial charge is 0.328 e. The molecule has 1 aliphatic rings. The molecule has 0 spiro atoms. The van der Waals surface area contributed by atoms with Crippen LogP contribution in [0.3, 0.4) is 0 Å². The van der Waals surface area contributed by atoms with Crippen molar-refractivity contribution in [1.82, 2.24) is 4.90 Å². The first-order valence-corrected chi connectivity index (χ1v) is 5.91. The molecule has 0 radical (unpaired) electrons. The summed E-state index contributed by atoms with van der Waals surface area (Å²) in [7, 11) is 0. The number of carboxylic acids is 1. The molecule has 4 heteroatoms. The molecule has 0 bridgehead atoms. The lowest BCUT2D eigenvalue weighted by Crippen LogP contribution is -2.26. The summed E-state index contributed by atoms with van der Waals surface area (Å²) in [4.78, 5) is 23.7. The molecule has 1 aliphatic heterocycles. The molecule has 0 aromatic heterocycles. The molecule has 1 saturated heterocycles. The molecular formula is C14H15NO3. The number of nitrogens with zero attached hydrogens (tertiary/aromatic N) is 1. The van der Waals surface area contributed by atoms with E-state index >= 15 is 0 Å². The van der Waals surface area contributed by atoms with Gasteiger partial charge in [-0.1, -0.05) is 30.3 Å². The van der Waals surface area contributed by atoms with Crippen molar-refractivity contribution in [2.24, 2.45) is 0 Å². The molecule has 0 saturated carbocycles. The average molecular weight is 245 g/mol. The molecule has 1 atom stereocenters. The first kappa shape index (κ1) is 12.4. The summed E-state index contributed by atoms with van der Waals surface area (Å²) in [6.07, 6.45) is 2.94. The summed E-state index contributed by atoms with van der Waals surface area (Å²) >= 11 is 0. The predicted molar refractivity (Wildman–Crippen MR) is 67.2 cm³/mol. The van der Waals surface area contributed by atoms with Crippen LogP contribution in [0.5, 0.6) is 0 Å². The van der Waals surface area contributed by atoms with Gasteiger partial charge in [0.15, 0.2) is 0 Å². The zero-order valence-corrected chi connectivity index (χ0v) is 9.95. The SMILES string of the molecule is O=C(O)C=CC(=O)N1CCC(c2ccccc2)C1. The summed E-state index contributed by atoms with van der Waals surface area (Å²) < 4.78 is 0. The maximum atomic E-state index is 11.7. The van der Waals surface area contributed by atoms with Crippen LogP contribution in [0, 0.1) is 0 Å². The highest BCUT2D eigenvalue weighted by molar-refractivity contribution is 5.94. The van der Waals surface area contributed by atoms with Crippen molar-refractivity contribution in [3.8, 4) is 0 Å². The van der Waals surface area contributed by atoms with Crippen molar-refractivity contribution in [3.63, 3.8) is 0 Å². The molecule has 0 aliphatic carbocycles. The number of benzene rings is 1. The number of aliphatic carboxylic acids is 1. The van der Waals surface area contributed by atoms with E-state index in [4.69, 9.17) is 5.11 Å². The Bertz CT molecular complexity index is 467. The molecule has 1 unspecified atom stereocenters. The van der Waals surface area contributed by atoms with Crippen LogP contribution in [0.2, 0.25) is 0 Å². The standard InChI is InChI=1S/C14H15NO3/c16-13(6-7-14(17)18)15-9-8-12(10-15)11-4-2-1-3-5-11/h1-7,12H,8-10H2,(H,17,18). The van der Waals surface area contributed by atoms with Crippen LogP contribution < -0.4 is 0 Å². The molecular weight excluding hydrogens is 230 g/mol. The van der Waals surface area contributed by atoms with E-state index in [-0.39, 0.29) is 5.91 Å². The Morgan fingerprint density at radius 1 is 1.22 bits per heavy atom. The van der Waals surface area contributed by atoms with E-state index in [0.717, 1.165) is 18.6 Å². The van der Waals surface area contributed by atoms with Crippen LogP contribution in [0.4, 0.5) is 0 Å². The maximum Gasteiger partial charge on any atom is 0.328 e. The highest BCUT2D eigenvalue weighted by atomic mass is 16.4. The zero-order chi connectivity index (χ0) is 13.0. The van der Waals surface area contributed by atoms with Crippen LogP contribution >= 0.6 is 0 Å². The fourth-order valence-electron chi connectivity index (χ4n) is 2.21. The lowest BCUT2D eigenvalue weighted by atomic mass is 9.99. The van der Waals surface area contributed by atoms with Crippen molar-refractivity contribution in [1.29, 1.82) is 0 Å². The molecule has 94 valence electrons. The second-order valence-electron chi connectivity index (χ2n) is 4.35. The Balaban J connectivity index is 1.96. The fourth-order valence-corrected chi connectivity index (χ4v) is 2.21. The van der Waals surface area contributed by atoms with Crippen LogP contribution in [0.15, 0.2) is 42.5 Å². The summed E-state index contributed by atoms with van der Waals surface area (Å²) in [6, 6.07) is 10.1. The van der Waals surface area contributed by atoms with Crippen molar-refractivity contribution in [2.45, 2.75) is 12.3 Å². The number of carbonyl (C=O) groups excluding carboxylic acids is 1. The molecule has 2 rings (SSSR count). The predicted octanol–water partition coefficient (Wildman–Crippen LogP) is 1.64. The van der Waals surface area contributed by atoms with Gasteiger partial charge in [-0.25, -0.2) is 4.79 Å². The van der Waals surface area contributed by atoms with Gasteiger partial charge in [0.25, 0.3) is 0 Å². The van der Waals surface area contributed by atoms with Crippen molar-refractivity contribution in [2.75, 3.05) is 13.1 Å². The van der Waals surface area contributed by atoms with E-state index in [0.29, 0.717) is 19.0 Å². The van der Waals surface area contributed by atoms with Gasteiger partial charge in [0, 0.05) is 31.2 Å². The monoisotopic (exact) mass is 245 g/mol. The molecule has 1 aromatic carbocycles. The highest BCUT2D eigenvalue weighted by Gasteiger charge is 2.25. The highest BCUT2D eigenvalue weighted by Crippen LogP contribution is 2.26. The van der Waals surface area contributed by atoms with Gasteiger partial charge in [0.2, 0.25) is 5.91 Å².